The molecule has 88 valence electrons. The summed E-state index contributed by atoms with van der Waals surface area (Å²) < 4.78 is 0. The second-order valence-corrected chi connectivity index (χ2v) is 5.01. The lowest BCUT2D eigenvalue weighted by Gasteiger charge is -2.25. The van der Waals surface area contributed by atoms with Gasteiger partial charge in [0.25, 0.3) is 0 Å². The van der Waals surface area contributed by atoms with Crippen LogP contribution in [-0.4, -0.2) is 13.1 Å². The minimum Gasteiger partial charge on any atom is -0.399 e. The molecule has 0 aromatic heterocycles. The number of hydrogen-bond donors (Lipinski definition) is 1. The first-order valence-corrected chi connectivity index (χ1v) is 6.38. The van der Waals surface area contributed by atoms with Crippen molar-refractivity contribution in [3.05, 3.63) is 23.2 Å². The summed E-state index contributed by atoms with van der Waals surface area (Å²) >= 11 is 6.24. The Balaban J connectivity index is 2.15. The van der Waals surface area contributed by atoms with Gasteiger partial charge < -0.3 is 10.6 Å². The van der Waals surface area contributed by atoms with Gasteiger partial charge in [-0.2, -0.15) is 0 Å². The highest BCUT2D eigenvalue weighted by molar-refractivity contribution is 6.33. The summed E-state index contributed by atoms with van der Waals surface area (Å²) in [7, 11) is 0. The van der Waals surface area contributed by atoms with Crippen molar-refractivity contribution < 1.29 is 0 Å². The fraction of sp³-hybridized carbons (Fsp3) is 0.538. The minimum absolute atomic E-state index is 0.733. The quantitative estimate of drug-likeness (QED) is 0.795. The lowest BCUT2D eigenvalue weighted by atomic mass is 10.2. The second-order valence-electron chi connectivity index (χ2n) is 4.60. The Morgan fingerprint density at radius 2 is 2.19 bits per heavy atom. The topological polar surface area (TPSA) is 29.3 Å². The maximum atomic E-state index is 6.24. The van der Waals surface area contributed by atoms with Crippen molar-refractivity contribution in [2.24, 2.45) is 5.92 Å². The van der Waals surface area contributed by atoms with Gasteiger partial charge in [0.15, 0.2) is 0 Å². The molecule has 0 radical (unpaired) electrons. The third kappa shape index (κ3) is 2.82. The largest absolute Gasteiger partial charge is 0.399 e. The minimum atomic E-state index is 0.733. The summed E-state index contributed by atoms with van der Waals surface area (Å²) in [5.41, 5.74) is 7.57. The zero-order chi connectivity index (χ0) is 11.5. The summed E-state index contributed by atoms with van der Waals surface area (Å²) in [6.07, 6.45) is 3.88. The predicted molar refractivity (Wildman–Crippen MR) is 71.1 cm³/mol. The van der Waals surface area contributed by atoms with Gasteiger partial charge in [0, 0.05) is 18.8 Å². The third-order valence-electron chi connectivity index (χ3n) is 2.98. The third-order valence-corrected chi connectivity index (χ3v) is 3.28. The van der Waals surface area contributed by atoms with Crippen molar-refractivity contribution in [3.63, 3.8) is 0 Å². The zero-order valence-electron chi connectivity index (χ0n) is 9.75. The smallest absolute Gasteiger partial charge is 0.0660 e. The van der Waals surface area contributed by atoms with Gasteiger partial charge in [-0.1, -0.05) is 18.5 Å². The maximum Gasteiger partial charge on any atom is 0.0660 e. The van der Waals surface area contributed by atoms with Crippen LogP contribution in [0.15, 0.2) is 18.2 Å². The molecule has 0 heterocycles. The molecule has 0 bridgehead atoms. The van der Waals surface area contributed by atoms with E-state index >= 15 is 0 Å². The maximum absolute atomic E-state index is 6.24. The van der Waals surface area contributed by atoms with Crippen LogP contribution in [0.1, 0.15) is 26.2 Å². The molecule has 2 nitrogen and oxygen atoms in total. The second kappa shape index (κ2) is 4.96. The van der Waals surface area contributed by atoms with Gasteiger partial charge in [-0.3, -0.25) is 0 Å². The van der Waals surface area contributed by atoms with E-state index in [9.17, 15) is 0 Å². The highest BCUT2D eigenvalue weighted by Crippen LogP contribution is 2.34. The average molecular weight is 239 g/mol. The number of anilines is 2. The van der Waals surface area contributed by atoms with Gasteiger partial charge in [-0.25, -0.2) is 0 Å². The normalized spacial score (nSPS) is 15.1. The lowest BCUT2D eigenvalue weighted by molar-refractivity contribution is 0.708. The first kappa shape index (κ1) is 11.6. The van der Waals surface area contributed by atoms with Crippen molar-refractivity contribution in [3.8, 4) is 0 Å². The molecule has 1 aromatic carbocycles. The van der Waals surface area contributed by atoms with Crippen molar-refractivity contribution in [1.82, 2.24) is 0 Å². The molecule has 2 N–H and O–H groups in total. The Kier molecular flexibility index (Phi) is 3.59. The molecule has 0 saturated heterocycles. The highest BCUT2D eigenvalue weighted by atomic mass is 35.5. The van der Waals surface area contributed by atoms with E-state index in [1.54, 1.807) is 0 Å². The molecule has 0 atom stereocenters. The molecule has 0 spiro atoms. The Bertz CT molecular complexity index is 361. The molecule has 1 saturated carbocycles. The van der Waals surface area contributed by atoms with Gasteiger partial charge in [0.1, 0.15) is 0 Å². The lowest BCUT2D eigenvalue weighted by Crippen LogP contribution is -2.26. The van der Waals surface area contributed by atoms with E-state index in [-0.39, 0.29) is 0 Å². The Labute approximate surface area is 102 Å². The fourth-order valence-corrected chi connectivity index (χ4v) is 2.28. The SMILES string of the molecule is CCCN(CC1CC1)c1ccc(N)cc1Cl. The average Bonchev–Trinajstić information content (AvgIpc) is 3.01. The fourth-order valence-electron chi connectivity index (χ4n) is 1.97. The van der Waals surface area contributed by atoms with Crippen LogP contribution in [0.4, 0.5) is 11.4 Å². The summed E-state index contributed by atoms with van der Waals surface area (Å²) in [5.74, 6) is 0.875. The van der Waals surface area contributed by atoms with E-state index < -0.39 is 0 Å². The Hall–Kier alpha value is -0.890. The molecule has 2 rings (SSSR count). The van der Waals surface area contributed by atoms with E-state index in [4.69, 9.17) is 17.3 Å². The van der Waals surface area contributed by atoms with Gasteiger partial charge >= 0.3 is 0 Å². The summed E-state index contributed by atoms with van der Waals surface area (Å²) in [6.45, 7) is 4.41. The molecule has 3 heteroatoms. The van der Waals surface area contributed by atoms with Gasteiger partial charge in [0.05, 0.1) is 10.7 Å². The standard InChI is InChI=1S/C13H19ClN2/c1-2-7-16(9-10-3-4-10)13-6-5-11(15)8-12(13)14/h5-6,8,10H,2-4,7,9,15H2,1H3. The number of hydrogen-bond acceptors (Lipinski definition) is 2. The zero-order valence-corrected chi connectivity index (χ0v) is 10.5. The predicted octanol–water partition coefficient (Wildman–Crippen LogP) is 3.55. The Morgan fingerprint density at radius 3 is 2.75 bits per heavy atom. The van der Waals surface area contributed by atoms with Crippen molar-refractivity contribution in [1.29, 1.82) is 0 Å². The van der Waals surface area contributed by atoms with E-state index in [1.807, 2.05) is 18.2 Å². The van der Waals surface area contributed by atoms with Crippen LogP contribution in [-0.2, 0) is 0 Å². The van der Waals surface area contributed by atoms with Crippen molar-refractivity contribution >= 4 is 23.0 Å². The molecule has 1 aromatic rings. The highest BCUT2D eigenvalue weighted by Gasteiger charge is 2.24. The molecular weight excluding hydrogens is 220 g/mol. The van der Waals surface area contributed by atoms with Crippen LogP contribution in [0.5, 0.6) is 0 Å². The monoisotopic (exact) mass is 238 g/mol. The summed E-state index contributed by atoms with van der Waals surface area (Å²) in [5, 5.41) is 0.772. The van der Waals surface area contributed by atoms with Crippen LogP contribution >= 0.6 is 11.6 Å². The number of rotatable bonds is 5. The Morgan fingerprint density at radius 1 is 1.44 bits per heavy atom. The van der Waals surface area contributed by atoms with Gasteiger partial charge in [-0.05, 0) is 43.4 Å². The van der Waals surface area contributed by atoms with E-state index in [0.29, 0.717) is 0 Å². The number of benzene rings is 1. The molecule has 0 unspecified atom stereocenters. The van der Waals surface area contributed by atoms with E-state index in [1.165, 1.54) is 12.8 Å². The molecule has 1 aliphatic carbocycles. The molecule has 0 aliphatic heterocycles. The molecule has 1 fully saturated rings. The van der Waals surface area contributed by atoms with Crippen LogP contribution < -0.4 is 10.6 Å². The van der Waals surface area contributed by atoms with Crippen molar-refractivity contribution in [2.75, 3.05) is 23.7 Å². The van der Waals surface area contributed by atoms with E-state index in [2.05, 4.69) is 11.8 Å². The first-order valence-electron chi connectivity index (χ1n) is 6.00. The van der Waals surface area contributed by atoms with Gasteiger partial charge in [-0.15, -0.1) is 0 Å². The number of halogens is 1. The molecule has 0 amide bonds. The number of nitrogens with two attached hydrogens (primary N) is 1. The van der Waals surface area contributed by atoms with Crippen LogP contribution in [0.2, 0.25) is 5.02 Å². The van der Waals surface area contributed by atoms with Crippen molar-refractivity contribution in [2.45, 2.75) is 26.2 Å². The first-order chi connectivity index (χ1) is 7.70. The summed E-state index contributed by atoms with van der Waals surface area (Å²) in [4.78, 5) is 2.39. The van der Waals surface area contributed by atoms with Crippen LogP contribution in [0.3, 0.4) is 0 Å². The molecule has 1 aliphatic rings. The van der Waals surface area contributed by atoms with Crippen LogP contribution in [0, 0.1) is 5.92 Å². The molecule has 16 heavy (non-hydrogen) atoms. The van der Waals surface area contributed by atoms with Crippen LogP contribution in [0.25, 0.3) is 0 Å². The number of nitrogens with zero attached hydrogens (tertiary/aromatic N) is 1. The molecular formula is C13H19ClN2. The van der Waals surface area contributed by atoms with Gasteiger partial charge in [0.2, 0.25) is 0 Å². The number of nitrogen functional groups attached to an aromatic ring is 1. The van der Waals surface area contributed by atoms with E-state index in [0.717, 1.165) is 41.8 Å². The summed E-state index contributed by atoms with van der Waals surface area (Å²) in [6, 6.07) is 5.80.